The third kappa shape index (κ3) is 2.68. The summed E-state index contributed by atoms with van der Waals surface area (Å²) >= 11 is 0. The number of hydrogen-bond donors (Lipinski definition) is 3. The average molecular weight is 268 g/mol. The van der Waals surface area contributed by atoms with E-state index in [0.29, 0.717) is 11.8 Å². The molecule has 0 aromatic rings. The van der Waals surface area contributed by atoms with Crippen LogP contribution in [0.4, 0.5) is 4.79 Å². The lowest BCUT2D eigenvalue weighted by molar-refractivity contribution is -0.141. The number of rotatable bonds is 4. The van der Waals surface area contributed by atoms with Crippen molar-refractivity contribution < 1.29 is 19.8 Å². The maximum Gasteiger partial charge on any atom is 0.326 e. The van der Waals surface area contributed by atoms with Crippen molar-refractivity contribution in [2.45, 2.75) is 50.3 Å². The first-order valence-electron chi connectivity index (χ1n) is 7.04. The van der Waals surface area contributed by atoms with Gasteiger partial charge in [0.25, 0.3) is 0 Å². The zero-order valence-electron chi connectivity index (χ0n) is 10.8. The van der Waals surface area contributed by atoms with Crippen LogP contribution in [0.25, 0.3) is 0 Å². The molecule has 2 atom stereocenters. The molecule has 1 aliphatic heterocycles. The van der Waals surface area contributed by atoms with Crippen molar-refractivity contribution in [2.75, 3.05) is 6.54 Å². The molecule has 3 fully saturated rings. The number of urea groups is 1. The lowest BCUT2D eigenvalue weighted by atomic mass is 10.1. The van der Waals surface area contributed by atoms with Crippen molar-refractivity contribution in [1.82, 2.24) is 10.2 Å². The first-order chi connectivity index (χ1) is 9.06. The Bertz CT molecular complexity index is 380. The fourth-order valence-electron chi connectivity index (χ4n) is 3.03. The minimum atomic E-state index is -1.04. The highest BCUT2D eigenvalue weighted by Crippen LogP contribution is 2.44. The summed E-state index contributed by atoms with van der Waals surface area (Å²) in [4.78, 5) is 24.6. The van der Waals surface area contributed by atoms with Gasteiger partial charge in [0.2, 0.25) is 0 Å². The zero-order chi connectivity index (χ0) is 13.6. The summed E-state index contributed by atoms with van der Waals surface area (Å²) in [6.07, 6.45) is 4.03. The molecule has 0 spiro atoms. The van der Waals surface area contributed by atoms with Gasteiger partial charge in [0.05, 0.1) is 6.10 Å². The summed E-state index contributed by atoms with van der Waals surface area (Å²) in [5, 5.41) is 21.7. The summed E-state index contributed by atoms with van der Waals surface area (Å²) in [7, 11) is 0. The molecule has 0 bridgehead atoms. The molecular formula is C13H20N2O4. The Morgan fingerprint density at radius 1 is 1.16 bits per heavy atom. The smallest absolute Gasteiger partial charge is 0.326 e. The van der Waals surface area contributed by atoms with Gasteiger partial charge in [-0.1, -0.05) is 0 Å². The van der Waals surface area contributed by atoms with Crippen LogP contribution in [-0.2, 0) is 4.79 Å². The Hall–Kier alpha value is -1.30. The number of carbonyl (C=O) groups is 2. The summed E-state index contributed by atoms with van der Waals surface area (Å²) < 4.78 is 0. The Morgan fingerprint density at radius 3 is 2.21 bits per heavy atom. The summed E-state index contributed by atoms with van der Waals surface area (Å²) in [5.41, 5.74) is 0. The molecule has 6 heteroatoms. The number of β-amino-alcohol motifs (C(OH)–C–C–N with tert-alkyl or cyclic N) is 1. The van der Waals surface area contributed by atoms with Crippen molar-refractivity contribution >= 4 is 12.0 Å². The van der Waals surface area contributed by atoms with Gasteiger partial charge in [0, 0.05) is 19.0 Å². The van der Waals surface area contributed by atoms with Gasteiger partial charge in [-0.2, -0.15) is 0 Å². The molecule has 1 heterocycles. The molecule has 2 amide bonds. The van der Waals surface area contributed by atoms with E-state index in [1.54, 1.807) is 0 Å². The molecule has 0 unspecified atom stereocenters. The number of aliphatic carboxylic acids is 1. The van der Waals surface area contributed by atoms with Crippen LogP contribution in [0.2, 0.25) is 0 Å². The van der Waals surface area contributed by atoms with Crippen LogP contribution in [0.5, 0.6) is 0 Å². The van der Waals surface area contributed by atoms with Crippen molar-refractivity contribution in [3.63, 3.8) is 0 Å². The molecule has 6 nitrogen and oxygen atoms in total. The first-order valence-corrected chi connectivity index (χ1v) is 7.04. The SMILES string of the molecule is O=C(O)[C@@H]1C[C@@H](O)CN1C(=O)NC(C1CC1)C1CC1. The number of aliphatic hydroxyl groups excluding tert-OH is 1. The van der Waals surface area contributed by atoms with Crippen molar-refractivity contribution in [2.24, 2.45) is 11.8 Å². The van der Waals surface area contributed by atoms with E-state index >= 15 is 0 Å². The summed E-state index contributed by atoms with van der Waals surface area (Å²) in [6.45, 7) is 0.116. The highest BCUT2D eigenvalue weighted by Gasteiger charge is 2.45. The largest absolute Gasteiger partial charge is 0.480 e. The quantitative estimate of drug-likeness (QED) is 0.688. The van der Waals surface area contributed by atoms with Gasteiger partial charge in [-0.3, -0.25) is 0 Å². The fraction of sp³-hybridized carbons (Fsp3) is 0.846. The second kappa shape index (κ2) is 4.67. The van der Waals surface area contributed by atoms with Gasteiger partial charge < -0.3 is 20.4 Å². The fourth-order valence-corrected chi connectivity index (χ4v) is 3.03. The minimum Gasteiger partial charge on any atom is -0.480 e. The molecule has 0 aromatic heterocycles. The molecule has 3 N–H and O–H groups in total. The topological polar surface area (TPSA) is 89.9 Å². The van der Waals surface area contributed by atoms with Gasteiger partial charge >= 0.3 is 12.0 Å². The molecule has 19 heavy (non-hydrogen) atoms. The minimum absolute atomic E-state index is 0.116. The van der Waals surface area contributed by atoms with E-state index in [-0.39, 0.29) is 25.0 Å². The highest BCUT2D eigenvalue weighted by atomic mass is 16.4. The molecule has 1 saturated heterocycles. The number of carboxylic acid groups (broad SMARTS) is 1. The maximum absolute atomic E-state index is 12.2. The number of carboxylic acids is 1. The Kier molecular flexibility index (Phi) is 3.12. The standard InChI is InChI=1S/C13H20N2O4/c16-9-5-10(12(17)18)15(6-9)13(19)14-11(7-1-2-7)8-3-4-8/h7-11,16H,1-6H2,(H,14,19)(H,17,18)/t9-,10+/m1/s1. The molecule has 0 aromatic carbocycles. The van der Waals surface area contributed by atoms with Crippen LogP contribution in [-0.4, -0.2) is 51.8 Å². The Balaban J connectivity index is 1.63. The molecule has 3 aliphatic rings. The van der Waals surface area contributed by atoms with E-state index in [1.807, 2.05) is 0 Å². The van der Waals surface area contributed by atoms with E-state index in [1.165, 1.54) is 4.90 Å². The van der Waals surface area contributed by atoms with Crippen molar-refractivity contribution in [3.05, 3.63) is 0 Å². The second-order valence-corrected chi connectivity index (χ2v) is 6.05. The Labute approximate surface area is 111 Å². The predicted octanol–water partition coefficient (Wildman–Crippen LogP) is 0.404. The predicted molar refractivity (Wildman–Crippen MR) is 66.5 cm³/mol. The van der Waals surface area contributed by atoms with Gasteiger partial charge in [-0.05, 0) is 37.5 Å². The van der Waals surface area contributed by atoms with Gasteiger partial charge in [0.1, 0.15) is 6.04 Å². The van der Waals surface area contributed by atoms with E-state index in [2.05, 4.69) is 5.32 Å². The van der Waals surface area contributed by atoms with Crippen molar-refractivity contribution in [1.29, 1.82) is 0 Å². The maximum atomic E-state index is 12.2. The van der Waals surface area contributed by atoms with Crippen LogP contribution in [0, 0.1) is 11.8 Å². The molecule has 2 aliphatic carbocycles. The van der Waals surface area contributed by atoms with E-state index in [4.69, 9.17) is 5.11 Å². The molecule has 0 radical (unpaired) electrons. The molecule has 3 rings (SSSR count). The summed E-state index contributed by atoms with van der Waals surface area (Å²) in [6, 6.07) is -1.01. The number of nitrogens with zero attached hydrogens (tertiary/aromatic N) is 1. The van der Waals surface area contributed by atoms with Gasteiger partial charge in [-0.15, -0.1) is 0 Å². The van der Waals surface area contributed by atoms with Crippen LogP contribution in [0.1, 0.15) is 32.1 Å². The van der Waals surface area contributed by atoms with Gasteiger partial charge in [-0.25, -0.2) is 9.59 Å². The number of likely N-dealkylation sites (tertiary alicyclic amines) is 1. The number of amides is 2. The third-order valence-corrected chi connectivity index (χ3v) is 4.37. The van der Waals surface area contributed by atoms with E-state index < -0.39 is 18.1 Å². The van der Waals surface area contributed by atoms with Crippen LogP contribution in [0.15, 0.2) is 0 Å². The monoisotopic (exact) mass is 268 g/mol. The molecule has 106 valence electrons. The van der Waals surface area contributed by atoms with Crippen molar-refractivity contribution in [3.8, 4) is 0 Å². The number of nitrogens with one attached hydrogen (secondary N) is 1. The third-order valence-electron chi connectivity index (χ3n) is 4.37. The van der Waals surface area contributed by atoms with E-state index in [0.717, 1.165) is 25.7 Å². The van der Waals surface area contributed by atoms with Crippen LogP contribution in [0.3, 0.4) is 0 Å². The van der Waals surface area contributed by atoms with Crippen LogP contribution >= 0.6 is 0 Å². The van der Waals surface area contributed by atoms with Crippen LogP contribution < -0.4 is 5.32 Å². The second-order valence-electron chi connectivity index (χ2n) is 6.05. The van der Waals surface area contributed by atoms with Gasteiger partial charge in [0.15, 0.2) is 0 Å². The lowest BCUT2D eigenvalue weighted by Gasteiger charge is -2.25. The zero-order valence-corrected chi connectivity index (χ0v) is 10.8. The average Bonchev–Trinajstić information content (AvgIpc) is 3.23. The molecular weight excluding hydrogens is 248 g/mol. The number of carbonyl (C=O) groups excluding carboxylic acids is 1. The lowest BCUT2D eigenvalue weighted by Crippen LogP contribution is -2.50. The van der Waals surface area contributed by atoms with E-state index in [9.17, 15) is 14.7 Å². The summed E-state index contributed by atoms with van der Waals surface area (Å²) in [5.74, 6) is 0.112. The first kappa shape index (κ1) is 12.7. The normalized spacial score (nSPS) is 30.7. The highest BCUT2D eigenvalue weighted by molar-refractivity contribution is 5.83. The number of hydrogen-bond acceptors (Lipinski definition) is 3. The molecule has 2 saturated carbocycles. The number of aliphatic hydroxyl groups is 1. The Morgan fingerprint density at radius 2 is 1.74 bits per heavy atom.